The zero-order valence-electron chi connectivity index (χ0n) is 12.3. The molecule has 0 aliphatic heterocycles. The second-order valence-corrected chi connectivity index (χ2v) is 5.68. The van der Waals surface area contributed by atoms with Gasteiger partial charge in [-0.1, -0.05) is 0 Å². The molecule has 0 saturated heterocycles. The summed E-state index contributed by atoms with van der Waals surface area (Å²) in [5.41, 5.74) is 6.83. The van der Waals surface area contributed by atoms with Crippen molar-refractivity contribution in [3.05, 3.63) is 58.3 Å². The molecule has 6 nitrogen and oxygen atoms in total. The molecule has 2 heterocycles. The van der Waals surface area contributed by atoms with E-state index in [1.54, 1.807) is 29.7 Å². The van der Waals surface area contributed by atoms with Crippen LogP contribution in [0.15, 0.2) is 46.4 Å². The Morgan fingerprint density at radius 2 is 2.25 bits per heavy atom. The molecule has 0 unspecified atom stereocenters. The van der Waals surface area contributed by atoms with Gasteiger partial charge in [0, 0.05) is 17.0 Å². The van der Waals surface area contributed by atoms with Crippen molar-refractivity contribution in [2.24, 2.45) is 5.73 Å². The number of nitrogens with zero attached hydrogens (tertiary/aromatic N) is 2. The molecular weight excluding hydrogens is 326 g/mol. The van der Waals surface area contributed by atoms with E-state index in [2.05, 4.69) is 11.1 Å². The van der Waals surface area contributed by atoms with Crippen molar-refractivity contribution >= 4 is 28.9 Å². The fourth-order valence-electron chi connectivity index (χ4n) is 2.08. The van der Waals surface area contributed by atoms with Crippen molar-refractivity contribution < 1.29 is 14.3 Å². The molecule has 0 aliphatic carbocycles. The summed E-state index contributed by atoms with van der Waals surface area (Å²) in [5, 5.41) is 21.3. The van der Waals surface area contributed by atoms with Gasteiger partial charge in [-0.05, 0) is 30.3 Å². The second kappa shape index (κ2) is 6.40. The number of furan rings is 1. The van der Waals surface area contributed by atoms with Crippen LogP contribution in [-0.4, -0.2) is 16.0 Å². The van der Waals surface area contributed by atoms with Crippen LogP contribution in [0.1, 0.15) is 21.1 Å². The lowest BCUT2D eigenvalue weighted by molar-refractivity contribution is 0.0998. The Hall–Kier alpha value is -3.37. The standard InChI is InChI=1S/C17H11N3O3S/c18-8-11(6-12-2-1-5-23-12)17-20-14(9-24-17)10-3-4-15(21)13(7-10)16(19)22/h1-7,9,21H,(H2,19,22)/b11-6-. The Bertz CT molecular complexity index is 965. The van der Waals surface area contributed by atoms with Gasteiger partial charge in [0.25, 0.3) is 5.91 Å². The van der Waals surface area contributed by atoms with Gasteiger partial charge in [0.2, 0.25) is 0 Å². The first-order valence-electron chi connectivity index (χ1n) is 6.83. The highest BCUT2D eigenvalue weighted by molar-refractivity contribution is 7.11. The monoisotopic (exact) mass is 337 g/mol. The Morgan fingerprint density at radius 1 is 1.42 bits per heavy atom. The Balaban J connectivity index is 1.98. The topological polar surface area (TPSA) is 113 Å². The van der Waals surface area contributed by atoms with Crippen LogP contribution >= 0.6 is 11.3 Å². The van der Waals surface area contributed by atoms with Gasteiger partial charge in [0.15, 0.2) is 0 Å². The number of aromatic hydroxyl groups is 1. The summed E-state index contributed by atoms with van der Waals surface area (Å²) in [7, 11) is 0. The van der Waals surface area contributed by atoms with E-state index in [1.807, 2.05) is 0 Å². The first-order chi connectivity index (χ1) is 11.6. The molecule has 3 aromatic rings. The molecule has 0 spiro atoms. The van der Waals surface area contributed by atoms with Crippen LogP contribution in [0.25, 0.3) is 22.9 Å². The summed E-state index contributed by atoms with van der Waals surface area (Å²) < 4.78 is 5.20. The minimum atomic E-state index is -0.722. The first kappa shape index (κ1) is 15.5. The zero-order chi connectivity index (χ0) is 17.1. The van der Waals surface area contributed by atoms with Gasteiger partial charge in [-0.2, -0.15) is 5.26 Å². The van der Waals surface area contributed by atoms with Gasteiger partial charge in [-0.15, -0.1) is 11.3 Å². The van der Waals surface area contributed by atoms with E-state index >= 15 is 0 Å². The van der Waals surface area contributed by atoms with E-state index in [1.165, 1.54) is 29.7 Å². The van der Waals surface area contributed by atoms with Crippen LogP contribution in [0.4, 0.5) is 0 Å². The van der Waals surface area contributed by atoms with Gasteiger partial charge < -0.3 is 15.3 Å². The highest BCUT2D eigenvalue weighted by Crippen LogP contribution is 2.29. The van der Waals surface area contributed by atoms with E-state index in [-0.39, 0.29) is 11.3 Å². The van der Waals surface area contributed by atoms with E-state index in [0.29, 0.717) is 27.6 Å². The van der Waals surface area contributed by atoms with Crippen molar-refractivity contribution in [2.45, 2.75) is 0 Å². The van der Waals surface area contributed by atoms with E-state index < -0.39 is 5.91 Å². The Kier molecular flexibility index (Phi) is 4.14. The lowest BCUT2D eigenvalue weighted by Gasteiger charge is -2.02. The summed E-state index contributed by atoms with van der Waals surface area (Å²) in [5.74, 6) is -0.346. The molecule has 0 saturated carbocycles. The van der Waals surface area contributed by atoms with Crippen molar-refractivity contribution in [3.8, 4) is 23.1 Å². The summed E-state index contributed by atoms with van der Waals surface area (Å²) in [6, 6.07) is 10.1. The lowest BCUT2D eigenvalue weighted by atomic mass is 10.1. The number of primary amides is 1. The smallest absolute Gasteiger partial charge is 0.252 e. The van der Waals surface area contributed by atoms with E-state index in [4.69, 9.17) is 10.2 Å². The summed E-state index contributed by atoms with van der Waals surface area (Å²) >= 11 is 1.30. The number of hydrogen-bond donors (Lipinski definition) is 2. The Morgan fingerprint density at radius 3 is 2.92 bits per heavy atom. The number of hydrogen-bond acceptors (Lipinski definition) is 6. The molecule has 0 atom stereocenters. The molecule has 118 valence electrons. The van der Waals surface area contributed by atoms with Crippen molar-refractivity contribution in [1.29, 1.82) is 5.26 Å². The van der Waals surface area contributed by atoms with Crippen molar-refractivity contribution in [2.75, 3.05) is 0 Å². The van der Waals surface area contributed by atoms with Crippen molar-refractivity contribution in [3.63, 3.8) is 0 Å². The molecule has 0 radical (unpaired) electrons. The highest BCUT2D eigenvalue weighted by atomic mass is 32.1. The number of nitriles is 1. The summed E-state index contributed by atoms with van der Waals surface area (Å²) in [4.78, 5) is 15.7. The number of nitrogens with two attached hydrogens (primary N) is 1. The number of amides is 1. The van der Waals surface area contributed by atoms with E-state index in [0.717, 1.165) is 0 Å². The van der Waals surface area contributed by atoms with E-state index in [9.17, 15) is 15.2 Å². The number of benzene rings is 1. The van der Waals surface area contributed by atoms with Gasteiger partial charge in [0.05, 0.1) is 23.1 Å². The molecule has 1 aromatic carbocycles. The third-order valence-corrected chi connectivity index (χ3v) is 4.12. The average molecular weight is 337 g/mol. The number of carbonyl (C=O) groups excluding carboxylic acids is 1. The molecular formula is C17H11N3O3S. The minimum Gasteiger partial charge on any atom is -0.507 e. The molecule has 1 amide bonds. The van der Waals surface area contributed by atoms with Crippen LogP contribution in [-0.2, 0) is 0 Å². The lowest BCUT2D eigenvalue weighted by Crippen LogP contribution is -2.11. The number of allylic oxidation sites excluding steroid dienone is 1. The zero-order valence-corrected chi connectivity index (χ0v) is 13.1. The van der Waals surface area contributed by atoms with Crippen LogP contribution in [0.5, 0.6) is 5.75 Å². The van der Waals surface area contributed by atoms with Crippen molar-refractivity contribution in [1.82, 2.24) is 4.98 Å². The fraction of sp³-hybridized carbons (Fsp3) is 0. The predicted octanol–water partition coefficient (Wildman–Crippen LogP) is 3.27. The molecule has 7 heteroatoms. The van der Waals surface area contributed by atoms with Crippen LogP contribution < -0.4 is 5.73 Å². The molecule has 0 fully saturated rings. The van der Waals surface area contributed by atoms with Gasteiger partial charge in [0.1, 0.15) is 22.6 Å². The number of rotatable bonds is 4. The first-order valence-corrected chi connectivity index (χ1v) is 7.71. The molecule has 0 bridgehead atoms. The molecule has 3 N–H and O–H groups in total. The molecule has 0 aliphatic rings. The summed E-state index contributed by atoms with van der Waals surface area (Å²) in [6.45, 7) is 0. The van der Waals surface area contributed by atoms with Crippen LogP contribution in [0.3, 0.4) is 0 Å². The predicted molar refractivity (Wildman–Crippen MR) is 89.9 cm³/mol. The van der Waals surface area contributed by atoms with Crippen LogP contribution in [0.2, 0.25) is 0 Å². The largest absolute Gasteiger partial charge is 0.507 e. The number of phenols is 1. The SMILES string of the molecule is N#C/C(=C/c1ccco1)c1nc(-c2ccc(O)c(C(N)=O)c2)cs1. The molecule has 24 heavy (non-hydrogen) atoms. The number of aromatic nitrogens is 1. The van der Waals surface area contributed by atoms with Gasteiger partial charge in [-0.25, -0.2) is 4.98 Å². The third-order valence-electron chi connectivity index (χ3n) is 3.24. The van der Waals surface area contributed by atoms with Gasteiger partial charge >= 0.3 is 0 Å². The third kappa shape index (κ3) is 3.04. The van der Waals surface area contributed by atoms with Gasteiger partial charge in [-0.3, -0.25) is 4.79 Å². The average Bonchev–Trinajstić information content (AvgIpc) is 3.24. The summed E-state index contributed by atoms with van der Waals surface area (Å²) in [6.07, 6.45) is 3.13. The molecule has 2 aromatic heterocycles. The number of thiazole rings is 1. The maximum atomic E-state index is 11.3. The quantitative estimate of drug-likeness (QED) is 0.709. The maximum Gasteiger partial charge on any atom is 0.252 e. The van der Waals surface area contributed by atoms with Crippen LogP contribution in [0, 0.1) is 11.3 Å². The normalized spacial score (nSPS) is 11.2. The number of carbonyl (C=O) groups is 1. The molecule has 3 rings (SSSR count). The Labute approximate surface area is 141 Å². The maximum absolute atomic E-state index is 11.3. The fourth-order valence-corrected chi connectivity index (χ4v) is 2.87. The second-order valence-electron chi connectivity index (χ2n) is 4.82. The minimum absolute atomic E-state index is 0.0219. The highest BCUT2D eigenvalue weighted by Gasteiger charge is 2.13.